The molecule has 0 bridgehead atoms. The van der Waals surface area contributed by atoms with Crippen LogP contribution in [0.4, 0.5) is 4.79 Å². The predicted molar refractivity (Wildman–Crippen MR) is 111 cm³/mol. The van der Waals surface area contributed by atoms with Crippen LogP contribution >= 0.6 is 0 Å². The van der Waals surface area contributed by atoms with Crippen molar-refractivity contribution in [3.05, 3.63) is 53.2 Å². The largest absolute Gasteiger partial charge is 0.447 e. The number of nitrogens with zero attached hydrogens (tertiary/aromatic N) is 2. The van der Waals surface area contributed by atoms with Crippen LogP contribution in [0.1, 0.15) is 67.0 Å². The van der Waals surface area contributed by atoms with E-state index in [1.165, 1.54) is 41.3 Å². The molecule has 1 unspecified atom stereocenters. The average molecular weight is 421 g/mol. The van der Waals surface area contributed by atoms with Crippen molar-refractivity contribution in [3.63, 3.8) is 0 Å². The standard InChI is InChI=1S/C24H27N3O4/c1-30-18-6-8-23(9-7-18)13-17-5-4-16(15-2-3-15)12-19(17)24(23)21(28)27(22(29)26-24)14-20-25-10-11-31-20/h4-5,10-12,15,18H,2-3,6-9,13-14H2,1H3,(H,26,29). The highest BCUT2D eigenvalue weighted by Gasteiger charge is 2.68. The molecule has 0 radical (unpaired) electrons. The van der Waals surface area contributed by atoms with Gasteiger partial charge in [-0.2, -0.15) is 0 Å². The van der Waals surface area contributed by atoms with Crippen LogP contribution in [0.25, 0.3) is 0 Å². The van der Waals surface area contributed by atoms with Gasteiger partial charge in [0.1, 0.15) is 12.8 Å². The molecule has 31 heavy (non-hydrogen) atoms. The molecule has 2 heterocycles. The Kier molecular flexibility index (Phi) is 4.09. The van der Waals surface area contributed by atoms with Crippen LogP contribution in [0.2, 0.25) is 0 Å². The van der Waals surface area contributed by atoms with Crippen molar-refractivity contribution in [2.24, 2.45) is 5.41 Å². The minimum absolute atomic E-state index is 0.0494. The molecule has 2 saturated carbocycles. The van der Waals surface area contributed by atoms with Crippen molar-refractivity contribution in [3.8, 4) is 0 Å². The SMILES string of the molecule is COC1CCC2(CC1)Cc1ccc(C3CC3)cc1C21NC(=O)N(Cc2ncco2)C1=O. The van der Waals surface area contributed by atoms with Gasteiger partial charge in [-0.25, -0.2) is 9.78 Å². The topological polar surface area (TPSA) is 84.7 Å². The third-order valence-electron chi connectivity index (χ3n) is 8.02. The number of urea groups is 1. The number of rotatable bonds is 4. The Balaban J connectivity index is 1.45. The van der Waals surface area contributed by atoms with Gasteiger partial charge in [0.2, 0.25) is 5.89 Å². The zero-order valence-electron chi connectivity index (χ0n) is 17.7. The number of hydrogen-bond acceptors (Lipinski definition) is 5. The van der Waals surface area contributed by atoms with E-state index in [0.717, 1.165) is 37.7 Å². The third-order valence-corrected chi connectivity index (χ3v) is 8.02. The smallest absolute Gasteiger partial charge is 0.325 e. The molecule has 1 aliphatic heterocycles. The number of oxazole rings is 1. The van der Waals surface area contributed by atoms with Crippen molar-refractivity contribution >= 4 is 11.9 Å². The van der Waals surface area contributed by atoms with Gasteiger partial charge in [-0.05, 0) is 67.6 Å². The second kappa shape index (κ2) is 6.66. The number of imide groups is 1. The number of fused-ring (bicyclic) bond motifs is 3. The number of benzene rings is 1. The summed E-state index contributed by atoms with van der Waals surface area (Å²) in [4.78, 5) is 32.7. The quantitative estimate of drug-likeness (QED) is 0.762. The molecule has 6 rings (SSSR count). The van der Waals surface area contributed by atoms with Crippen LogP contribution in [-0.2, 0) is 28.0 Å². The van der Waals surface area contributed by atoms with E-state index >= 15 is 0 Å². The van der Waals surface area contributed by atoms with E-state index in [4.69, 9.17) is 9.15 Å². The summed E-state index contributed by atoms with van der Waals surface area (Å²) in [6.07, 6.45) is 9.89. The maximum absolute atomic E-state index is 14.1. The van der Waals surface area contributed by atoms with Gasteiger partial charge in [0.25, 0.3) is 5.91 Å². The lowest BCUT2D eigenvalue weighted by atomic mass is 9.61. The van der Waals surface area contributed by atoms with Crippen LogP contribution in [0.5, 0.6) is 0 Å². The van der Waals surface area contributed by atoms with Crippen LogP contribution in [0.3, 0.4) is 0 Å². The number of nitrogens with one attached hydrogen (secondary N) is 1. The van der Waals surface area contributed by atoms with Gasteiger partial charge in [0.15, 0.2) is 5.54 Å². The molecule has 2 aromatic rings. The molecule has 3 aliphatic carbocycles. The molecule has 3 amide bonds. The number of carbonyl (C=O) groups excluding carboxylic acids is 2. The van der Waals surface area contributed by atoms with E-state index in [-0.39, 0.29) is 30.0 Å². The lowest BCUT2D eigenvalue weighted by molar-refractivity contribution is -0.139. The Morgan fingerprint density at radius 1 is 1.23 bits per heavy atom. The van der Waals surface area contributed by atoms with Crippen molar-refractivity contribution in [2.75, 3.05) is 7.11 Å². The molecule has 1 saturated heterocycles. The third kappa shape index (κ3) is 2.65. The lowest BCUT2D eigenvalue weighted by Crippen LogP contribution is -2.56. The number of carbonyl (C=O) groups is 2. The van der Waals surface area contributed by atoms with Crippen LogP contribution in [0, 0.1) is 5.41 Å². The summed E-state index contributed by atoms with van der Waals surface area (Å²) in [5, 5.41) is 3.20. The minimum atomic E-state index is -1.02. The second-order valence-corrected chi connectivity index (χ2v) is 9.58. The maximum atomic E-state index is 14.1. The van der Waals surface area contributed by atoms with E-state index in [1.807, 2.05) is 0 Å². The Morgan fingerprint density at radius 3 is 2.71 bits per heavy atom. The van der Waals surface area contributed by atoms with Gasteiger partial charge in [-0.1, -0.05) is 18.2 Å². The predicted octanol–water partition coefficient (Wildman–Crippen LogP) is 3.63. The second-order valence-electron chi connectivity index (χ2n) is 9.58. The zero-order valence-corrected chi connectivity index (χ0v) is 17.7. The van der Waals surface area contributed by atoms with Crippen LogP contribution < -0.4 is 5.32 Å². The van der Waals surface area contributed by atoms with Crippen LogP contribution in [0.15, 0.2) is 35.1 Å². The monoisotopic (exact) mass is 421 g/mol. The molecule has 1 N–H and O–H groups in total. The molecule has 4 aliphatic rings. The Hall–Kier alpha value is -2.67. The molecule has 1 aromatic carbocycles. The molecule has 7 heteroatoms. The van der Waals surface area contributed by atoms with E-state index in [0.29, 0.717) is 11.8 Å². The zero-order chi connectivity index (χ0) is 21.2. The van der Waals surface area contributed by atoms with Gasteiger partial charge in [0.05, 0.1) is 12.3 Å². The van der Waals surface area contributed by atoms with E-state index in [9.17, 15) is 9.59 Å². The number of amides is 3. The summed E-state index contributed by atoms with van der Waals surface area (Å²) in [5.41, 5.74) is 2.13. The fraction of sp³-hybridized carbons (Fsp3) is 0.542. The Labute approximate surface area is 181 Å². The molecule has 1 atom stereocenters. The molecular formula is C24H27N3O4. The maximum Gasteiger partial charge on any atom is 0.325 e. The highest BCUT2D eigenvalue weighted by Crippen LogP contribution is 2.60. The number of hydrogen-bond donors (Lipinski definition) is 1. The van der Waals surface area contributed by atoms with Gasteiger partial charge in [-0.3, -0.25) is 9.69 Å². The van der Waals surface area contributed by atoms with Crippen molar-refractivity contribution in [1.29, 1.82) is 0 Å². The first-order chi connectivity index (χ1) is 15.1. The van der Waals surface area contributed by atoms with E-state index in [2.05, 4.69) is 28.5 Å². The van der Waals surface area contributed by atoms with Crippen molar-refractivity contribution in [2.45, 2.75) is 69.1 Å². The molecule has 1 aromatic heterocycles. The first kappa shape index (κ1) is 19.0. The highest BCUT2D eigenvalue weighted by atomic mass is 16.5. The summed E-state index contributed by atoms with van der Waals surface area (Å²) in [6.45, 7) is 0.0494. The summed E-state index contributed by atoms with van der Waals surface area (Å²) in [6, 6.07) is 6.26. The van der Waals surface area contributed by atoms with Gasteiger partial charge in [0, 0.05) is 12.5 Å². The number of methoxy groups -OCH3 is 1. The molecule has 2 spiro atoms. The van der Waals surface area contributed by atoms with Gasteiger partial charge >= 0.3 is 6.03 Å². The lowest BCUT2D eigenvalue weighted by Gasteiger charge is -2.46. The molecular weight excluding hydrogens is 394 g/mol. The summed E-state index contributed by atoms with van der Waals surface area (Å²) in [5.74, 6) is 0.777. The van der Waals surface area contributed by atoms with E-state index < -0.39 is 5.54 Å². The van der Waals surface area contributed by atoms with Gasteiger partial charge < -0.3 is 14.5 Å². The first-order valence-electron chi connectivity index (χ1n) is 11.2. The van der Waals surface area contributed by atoms with Crippen molar-refractivity contribution in [1.82, 2.24) is 15.2 Å². The summed E-state index contributed by atoms with van der Waals surface area (Å²) < 4.78 is 11.0. The molecule has 7 nitrogen and oxygen atoms in total. The molecule has 162 valence electrons. The van der Waals surface area contributed by atoms with Crippen LogP contribution in [-0.4, -0.2) is 35.0 Å². The first-order valence-corrected chi connectivity index (χ1v) is 11.2. The normalized spacial score (nSPS) is 32.2. The number of aromatic nitrogens is 1. The Bertz CT molecular complexity index is 1040. The fourth-order valence-electron chi connectivity index (χ4n) is 6.21. The Morgan fingerprint density at radius 2 is 2.03 bits per heavy atom. The van der Waals surface area contributed by atoms with Crippen molar-refractivity contribution < 1.29 is 18.7 Å². The highest BCUT2D eigenvalue weighted by molar-refractivity contribution is 6.08. The van der Waals surface area contributed by atoms with E-state index in [1.54, 1.807) is 7.11 Å². The summed E-state index contributed by atoms with van der Waals surface area (Å²) in [7, 11) is 1.75. The fourth-order valence-corrected chi connectivity index (χ4v) is 6.21. The molecule has 3 fully saturated rings. The minimum Gasteiger partial charge on any atom is -0.447 e. The van der Waals surface area contributed by atoms with Gasteiger partial charge in [-0.15, -0.1) is 0 Å². The summed E-state index contributed by atoms with van der Waals surface area (Å²) >= 11 is 0. The number of ether oxygens (including phenoxy) is 1. The average Bonchev–Trinajstić information content (AvgIpc) is 3.37.